The fourth-order valence-electron chi connectivity index (χ4n) is 2.17. The summed E-state index contributed by atoms with van der Waals surface area (Å²) >= 11 is 0. The van der Waals surface area contributed by atoms with E-state index in [1.165, 1.54) is 13.2 Å². The Bertz CT molecular complexity index is 689. The number of aryl methyl sites for hydroxylation is 2. The second kappa shape index (κ2) is 6.76. The van der Waals surface area contributed by atoms with Gasteiger partial charge in [0.25, 0.3) is 0 Å². The molecule has 0 bridgehead atoms. The van der Waals surface area contributed by atoms with Crippen molar-refractivity contribution in [3.05, 3.63) is 64.7 Å². The molecule has 2 aromatic rings. The van der Waals surface area contributed by atoms with Crippen LogP contribution in [0.3, 0.4) is 0 Å². The second-order valence-corrected chi connectivity index (χ2v) is 4.84. The Balaban J connectivity index is 2.08. The molecule has 2 rings (SSSR count). The van der Waals surface area contributed by atoms with Gasteiger partial charge in [0, 0.05) is 0 Å². The van der Waals surface area contributed by atoms with Crippen molar-refractivity contribution < 1.29 is 24.5 Å². The van der Waals surface area contributed by atoms with Crippen molar-refractivity contribution >= 4 is 11.9 Å². The minimum atomic E-state index is -1.02. The van der Waals surface area contributed by atoms with Crippen molar-refractivity contribution in [2.24, 2.45) is 0 Å². The van der Waals surface area contributed by atoms with Crippen LogP contribution in [0.2, 0.25) is 0 Å². The summed E-state index contributed by atoms with van der Waals surface area (Å²) in [4.78, 5) is 21.8. The van der Waals surface area contributed by atoms with Gasteiger partial charge in [-0.3, -0.25) is 0 Å². The third-order valence-electron chi connectivity index (χ3n) is 3.40. The molecule has 0 heterocycles. The molecule has 2 N–H and O–H groups in total. The van der Waals surface area contributed by atoms with Crippen LogP contribution < -0.4 is 4.74 Å². The van der Waals surface area contributed by atoms with Gasteiger partial charge in [-0.25, -0.2) is 9.59 Å². The molecule has 0 atom stereocenters. The highest BCUT2D eigenvalue weighted by atomic mass is 16.5. The third-order valence-corrected chi connectivity index (χ3v) is 3.40. The predicted molar refractivity (Wildman–Crippen MR) is 80.8 cm³/mol. The number of benzene rings is 2. The van der Waals surface area contributed by atoms with Crippen molar-refractivity contribution in [3.8, 4) is 5.75 Å². The van der Waals surface area contributed by atoms with E-state index >= 15 is 0 Å². The van der Waals surface area contributed by atoms with Crippen molar-refractivity contribution in [1.29, 1.82) is 0 Å². The number of methoxy groups -OCH3 is 1. The third kappa shape index (κ3) is 3.63. The van der Waals surface area contributed by atoms with Crippen LogP contribution in [0.1, 0.15) is 31.8 Å². The minimum absolute atomic E-state index is 0.136. The first-order valence-electron chi connectivity index (χ1n) is 6.73. The number of aromatic carboxylic acids is 2. The van der Waals surface area contributed by atoms with Crippen LogP contribution in [-0.4, -0.2) is 29.3 Å². The Morgan fingerprint density at radius 2 is 1.50 bits per heavy atom. The Kier molecular flexibility index (Phi) is 4.78. The molecule has 2 aromatic carbocycles. The molecule has 0 aliphatic rings. The lowest BCUT2D eigenvalue weighted by Crippen LogP contribution is -2.02. The number of ether oxygens (including phenoxy) is 1. The van der Waals surface area contributed by atoms with Gasteiger partial charge in [-0.15, -0.1) is 0 Å². The lowest BCUT2D eigenvalue weighted by molar-refractivity contribution is 0.0684. The summed E-state index contributed by atoms with van der Waals surface area (Å²) in [7, 11) is 1.44. The first-order valence-corrected chi connectivity index (χ1v) is 6.73. The highest BCUT2D eigenvalue weighted by molar-refractivity contribution is 5.91. The minimum Gasteiger partial charge on any atom is -0.496 e. The van der Waals surface area contributed by atoms with Gasteiger partial charge < -0.3 is 14.9 Å². The smallest absolute Gasteiger partial charge is 0.339 e. The van der Waals surface area contributed by atoms with Gasteiger partial charge in [0.1, 0.15) is 11.3 Å². The van der Waals surface area contributed by atoms with E-state index in [4.69, 9.17) is 14.9 Å². The van der Waals surface area contributed by atoms with E-state index in [9.17, 15) is 9.59 Å². The summed E-state index contributed by atoms with van der Waals surface area (Å²) < 4.78 is 5.10. The second-order valence-electron chi connectivity index (χ2n) is 4.84. The zero-order valence-electron chi connectivity index (χ0n) is 12.1. The van der Waals surface area contributed by atoms with E-state index in [1.807, 2.05) is 0 Å². The van der Waals surface area contributed by atoms with Crippen LogP contribution in [-0.2, 0) is 12.8 Å². The quantitative estimate of drug-likeness (QED) is 0.857. The highest BCUT2D eigenvalue weighted by Crippen LogP contribution is 2.21. The average molecular weight is 300 g/mol. The first kappa shape index (κ1) is 15.6. The molecule has 0 saturated carbocycles. The van der Waals surface area contributed by atoms with E-state index in [0.29, 0.717) is 12.2 Å². The van der Waals surface area contributed by atoms with Gasteiger partial charge in [-0.1, -0.05) is 18.2 Å². The maximum absolute atomic E-state index is 11.0. The van der Waals surface area contributed by atoms with Gasteiger partial charge in [-0.05, 0) is 48.2 Å². The van der Waals surface area contributed by atoms with Crippen molar-refractivity contribution in [2.75, 3.05) is 7.11 Å². The lowest BCUT2D eigenvalue weighted by Gasteiger charge is -2.08. The Hall–Kier alpha value is -2.82. The number of carbonyl (C=O) groups is 2. The zero-order valence-corrected chi connectivity index (χ0v) is 12.1. The molecular weight excluding hydrogens is 284 g/mol. The van der Waals surface area contributed by atoms with Crippen molar-refractivity contribution in [3.63, 3.8) is 0 Å². The maximum atomic E-state index is 11.0. The fourth-order valence-corrected chi connectivity index (χ4v) is 2.17. The summed E-state index contributed by atoms with van der Waals surface area (Å²) in [5.41, 5.74) is 2.38. The van der Waals surface area contributed by atoms with E-state index in [1.54, 1.807) is 36.4 Å². The number of rotatable bonds is 6. The van der Waals surface area contributed by atoms with Crippen molar-refractivity contribution in [2.45, 2.75) is 12.8 Å². The highest BCUT2D eigenvalue weighted by Gasteiger charge is 2.11. The summed E-state index contributed by atoms with van der Waals surface area (Å²) in [6.07, 6.45) is 1.44. The number of hydrogen-bond donors (Lipinski definition) is 2. The predicted octanol–water partition coefficient (Wildman–Crippen LogP) is 2.88. The normalized spacial score (nSPS) is 10.2. The molecule has 0 aromatic heterocycles. The molecular formula is C17H16O5. The van der Waals surface area contributed by atoms with Crippen molar-refractivity contribution in [1.82, 2.24) is 0 Å². The van der Waals surface area contributed by atoms with E-state index in [2.05, 4.69) is 0 Å². The maximum Gasteiger partial charge on any atom is 0.339 e. The molecule has 0 saturated heterocycles. The molecule has 0 fully saturated rings. The molecule has 0 spiro atoms. The average Bonchev–Trinajstić information content (AvgIpc) is 2.52. The molecule has 0 aliphatic carbocycles. The monoisotopic (exact) mass is 300 g/mol. The first-order chi connectivity index (χ1) is 10.5. The van der Waals surface area contributed by atoms with Gasteiger partial charge in [0.05, 0.1) is 12.7 Å². The van der Waals surface area contributed by atoms with Crippen LogP contribution in [0.25, 0.3) is 0 Å². The van der Waals surface area contributed by atoms with Crippen LogP contribution in [0.4, 0.5) is 0 Å². The topological polar surface area (TPSA) is 83.8 Å². The Labute approximate surface area is 127 Å². The molecule has 0 aliphatic heterocycles. The Morgan fingerprint density at radius 1 is 0.909 bits per heavy atom. The standard InChI is InChI=1S/C17H16O5/c1-22-15-10-12(6-9-14(15)17(20)21)3-2-11-4-7-13(8-5-11)16(18)19/h4-10H,2-3H2,1H3,(H,18,19)(H,20,21). The van der Waals surface area contributed by atoms with Crippen LogP contribution >= 0.6 is 0 Å². The molecule has 5 heteroatoms. The summed E-state index contributed by atoms with van der Waals surface area (Å²) in [6.45, 7) is 0. The molecule has 114 valence electrons. The molecule has 22 heavy (non-hydrogen) atoms. The molecule has 0 unspecified atom stereocenters. The van der Waals surface area contributed by atoms with Crippen LogP contribution in [0.15, 0.2) is 42.5 Å². The molecule has 5 nitrogen and oxygen atoms in total. The van der Waals surface area contributed by atoms with Gasteiger partial charge in [0.15, 0.2) is 0 Å². The van der Waals surface area contributed by atoms with Gasteiger partial charge >= 0.3 is 11.9 Å². The van der Waals surface area contributed by atoms with E-state index in [0.717, 1.165) is 17.5 Å². The number of carboxylic acids is 2. The van der Waals surface area contributed by atoms with E-state index < -0.39 is 11.9 Å². The van der Waals surface area contributed by atoms with Crippen LogP contribution in [0, 0.1) is 0 Å². The molecule has 0 amide bonds. The van der Waals surface area contributed by atoms with E-state index in [-0.39, 0.29) is 11.1 Å². The SMILES string of the molecule is COc1cc(CCc2ccc(C(=O)O)cc2)ccc1C(=O)O. The summed E-state index contributed by atoms with van der Waals surface area (Å²) in [6, 6.07) is 11.7. The Morgan fingerprint density at radius 3 is 2.05 bits per heavy atom. The number of hydrogen-bond acceptors (Lipinski definition) is 3. The largest absolute Gasteiger partial charge is 0.496 e. The summed E-state index contributed by atoms with van der Waals surface area (Å²) in [5, 5.41) is 17.9. The van der Waals surface area contributed by atoms with Crippen LogP contribution in [0.5, 0.6) is 5.75 Å². The van der Waals surface area contributed by atoms with Gasteiger partial charge in [-0.2, -0.15) is 0 Å². The fraction of sp³-hybridized carbons (Fsp3) is 0.176. The zero-order chi connectivity index (χ0) is 16.1. The summed E-state index contributed by atoms with van der Waals surface area (Å²) in [5.74, 6) is -1.63. The molecule has 0 radical (unpaired) electrons. The van der Waals surface area contributed by atoms with Gasteiger partial charge in [0.2, 0.25) is 0 Å². The number of carboxylic acid groups (broad SMARTS) is 2. The lowest BCUT2D eigenvalue weighted by atomic mass is 10.0.